The Hall–Kier alpha value is -0.670. The molecule has 0 saturated heterocycles. The molecule has 0 fully saturated rings. The van der Waals surface area contributed by atoms with Crippen molar-refractivity contribution in [3.05, 3.63) is 22.4 Å². The molecule has 0 bridgehead atoms. The fourth-order valence-electron chi connectivity index (χ4n) is 0.358. The van der Waals surface area contributed by atoms with E-state index in [-0.39, 0.29) is 5.48 Å². The van der Waals surface area contributed by atoms with Gasteiger partial charge in [0.1, 0.15) is 0 Å². The highest BCUT2D eigenvalue weighted by molar-refractivity contribution is 7.11. The number of carbonyl (C=O) groups is 1. The number of rotatable bonds is 1. The van der Waals surface area contributed by atoms with Gasteiger partial charge in [0.15, 0.2) is 6.29 Å². The minimum Gasteiger partial charge on any atom is -0.297 e. The number of carbonyl (C=O) groups excluding carboxylic acids is 1. The highest BCUT2D eigenvalue weighted by atomic mass is 32.1. The van der Waals surface area contributed by atoms with E-state index in [9.17, 15) is 4.79 Å². The van der Waals surface area contributed by atoms with Crippen LogP contribution in [0.2, 0.25) is 0 Å². The van der Waals surface area contributed by atoms with Crippen molar-refractivity contribution in [1.29, 1.82) is 0 Å². The van der Waals surface area contributed by atoms with Crippen molar-refractivity contribution in [3.63, 3.8) is 0 Å². The lowest BCUT2D eigenvalue weighted by atomic mass is 10.5. The van der Waals surface area contributed by atoms with E-state index in [0.717, 1.165) is 11.2 Å². The van der Waals surface area contributed by atoms with Crippen LogP contribution < -0.4 is 0 Å². The molecule has 2 nitrogen and oxygen atoms in total. The van der Waals surface area contributed by atoms with Crippen molar-refractivity contribution in [2.75, 3.05) is 0 Å². The average Bonchev–Trinajstić information content (AvgIpc) is 2.14. The molecule has 0 unspecified atom stereocenters. The Kier molecular flexibility index (Phi) is 3.07. The molecule has 3 heteroatoms. The zero-order chi connectivity index (χ0) is 5.11. The van der Waals surface area contributed by atoms with Crippen LogP contribution in [0.1, 0.15) is 9.67 Å². The minimum atomic E-state index is 0. The quantitative estimate of drug-likeness (QED) is 0.528. The monoisotopic (exact) mass is 128 g/mol. The highest BCUT2D eigenvalue weighted by Gasteiger charge is 1.82. The van der Waals surface area contributed by atoms with Crippen LogP contribution in [-0.2, 0) is 5.48 Å². The lowest BCUT2D eigenvalue weighted by molar-refractivity contribution is 0.112. The Morgan fingerprint density at radius 1 is 1.62 bits per heavy atom. The predicted octanol–water partition coefficient (Wildman–Crippen LogP) is 1.44. The van der Waals surface area contributed by atoms with E-state index >= 15 is 0 Å². The van der Waals surface area contributed by atoms with E-state index in [1.807, 2.05) is 11.4 Å². The van der Waals surface area contributed by atoms with Gasteiger partial charge in [0, 0.05) is 5.48 Å². The van der Waals surface area contributed by atoms with Gasteiger partial charge in [-0.1, -0.05) is 6.07 Å². The predicted molar refractivity (Wildman–Crippen MR) is 30.4 cm³/mol. The van der Waals surface area contributed by atoms with Gasteiger partial charge in [-0.3, -0.25) is 4.79 Å². The lowest BCUT2D eigenvalue weighted by Gasteiger charge is -1.66. The Bertz CT molecular complexity index is 145. The SMILES string of the molecule is O=Cc1cccs1.[O]. The number of thiophene rings is 1. The molecule has 0 amide bonds. The summed E-state index contributed by atoms with van der Waals surface area (Å²) in [5.74, 6) is 0. The van der Waals surface area contributed by atoms with Crippen LogP contribution in [0.5, 0.6) is 0 Å². The summed E-state index contributed by atoms with van der Waals surface area (Å²) in [4.78, 5) is 10.7. The third-order valence-corrected chi connectivity index (χ3v) is 1.46. The third kappa shape index (κ3) is 1.44. The number of hydrogen-bond acceptors (Lipinski definition) is 2. The zero-order valence-electron chi connectivity index (χ0n) is 4.03. The maximum absolute atomic E-state index is 9.88. The van der Waals surface area contributed by atoms with Gasteiger partial charge in [0.05, 0.1) is 4.88 Å². The zero-order valence-corrected chi connectivity index (χ0v) is 4.85. The number of aldehydes is 1. The first-order valence-corrected chi connectivity index (χ1v) is 2.80. The van der Waals surface area contributed by atoms with Gasteiger partial charge < -0.3 is 0 Å². The molecule has 0 aliphatic heterocycles. The molecule has 0 atom stereocenters. The summed E-state index contributed by atoms with van der Waals surface area (Å²) in [7, 11) is 0. The van der Waals surface area contributed by atoms with E-state index < -0.39 is 0 Å². The second kappa shape index (κ2) is 3.35. The van der Waals surface area contributed by atoms with E-state index in [1.54, 1.807) is 6.07 Å². The second-order valence-corrected chi connectivity index (χ2v) is 2.11. The van der Waals surface area contributed by atoms with Crippen LogP contribution >= 0.6 is 11.3 Å². The Labute approximate surface area is 51.1 Å². The molecule has 1 aromatic heterocycles. The van der Waals surface area contributed by atoms with Crippen LogP contribution in [0, 0.1) is 0 Å². The summed E-state index contributed by atoms with van der Waals surface area (Å²) in [5.41, 5.74) is 0. The van der Waals surface area contributed by atoms with Gasteiger partial charge in [-0.15, -0.1) is 11.3 Å². The molecule has 0 aliphatic carbocycles. The molecular weight excluding hydrogens is 124 g/mol. The lowest BCUT2D eigenvalue weighted by Crippen LogP contribution is -1.61. The number of hydrogen-bond donors (Lipinski definition) is 0. The largest absolute Gasteiger partial charge is 0.297 e. The van der Waals surface area contributed by atoms with Crippen molar-refractivity contribution in [2.45, 2.75) is 0 Å². The van der Waals surface area contributed by atoms with Gasteiger partial charge in [-0.25, -0.2) is 0 Å². The molecule has 8 heavy (non-hydrogen) atoms. The molecule has 0 aliphatic rings. The van der Waals surface area contributed by atoms with Gasteiger partial charge >= 0.3 is 0 Å². The summed E-state index contributed by atoms with van der Waals surface area (Å²) in [6, 6.07) is 3.64. The van der Waals surface area contributed by atoms with E-state index in [0.29, 0.717) is 0 Å². The normalized spacial score (nSPS) is 7.50. The Morgan fingerprint density at radius 3 is 2.62 bits per heavy atom. The van der Waals surface area contributed by atoms with Crippen LogP contribution in [0.25, 0.3) is 0 Å². The molecule has 2 radical (unpaired) electrons. The Balaban J connectivity index is 0.000000490. The van der Waals surface area contributed by atoms with Crippen molar-refractivity contribution < 1.29 is 10.3 Å². The fraction of sp³-hybridized carbons (Fsp3) is 0. The highest BCUT2D eigenvalue weighted by Crippen LogP contribution is 2.02. The first kappa shape index (κ1) is 7.33. The minimum absolute atomic E-state index is 0. The molecule has 1 heterocycles. The summed E-state index contributed by atoms with van der Waals surface area (Å²) < 4.78 is 0. The summed E-state index contributed by atoms with van der Waals surface area (Å²) >= 11 is 1.45. The van der Waals surface area contributed by atoms with Crippen molar-refractivity contribution in [3.8, 4) is 0 Å². The van der Waals surface area contributed by atoms with E-state index in [4.69, 9.17) is 0 Å². The smallest absolute Gasteiger partial charge is 0.159 e. The second-order valence-electron chi connectivity index (χ2n) is 1.13. The summed E-state index contributed by atoms with van der Waals surface area (Å²) in [5, 5.41) is 1.88. The standard InChI is InChI=1S/C5H4OS.O/c6-4-5-2-1-3-7-5;/h1-4H;. The molecule has 1 rings (SSSR count). The van der Waals surface area contributed by atoms with Crippen LogP contribution in [0.15, 0.2) is 17.5 Å². The van der Waals surface area contributed by atoms with Crippen LogP contribution in [0.4, 0.5) is 0 Å². The third-order valence-electron chi connectivity index (χ3n) is 0.659. The maximum atomic E-state index is 9.88. The summed E-state index contributed by atoms with van der Waals surface area (Å²) in [6.07, 6.45) is 0.852. The van der Waals surface area contributed by atoms with Gasteiger partial charge in [0.2, 0.25) is 0 Å². The van der Waals surface area contributed by atoms with Gasteiger partial charge in [-0.05, 0) is 11.4 Å². The van der Waals surface area contributed by atoms with Crippen molar-refractivity contribution in [1.82, 2.24) is 0 Å². The molecule has 0 spiro atoms. The van der Waals surface area contributed by atoms with E-state index in [1.165, 1.54) is 11.3 Å². The van der Waals surface area contributed by atoms with Crippen molar-refractivity contribution >= 4 is 17.6 Å². The molecule has 0 saturated carbocycles. The molecule has 0 aromatic carbocycles. The first-order valence-electron chi connectivity index (χ1n) is 1.92. The molecular formula is C5H4O2S. The topological polar surface area (TPSA) is 45.6 Å². The van der Waals surface area contributed by atoms with Gasteiger partial charge in [0.25, 0.3) is 0 Å². The van der Waals surface area contributed by atoms with Crippen LogP contribution in [-0.4, -0.2) is 6.29 Å². The van der Waals surface area contributed by atoms with Gasteiger partial charge in [-0.2, -0.15) is 0 Å². The molecule has 1 aromatic rings. The fourth-order valence-corrected chi connectivity index (χ4v) is 0.885. The molecule has 42 valence electrons. The average molecular weight is 128 g/mol. The first-order chi connectivity index (χ1) is 3.43. The Morgan fingerprint density at radius 2 is 2.38 bits per heavy atom. The maximum Gasteiger partial charge on any atom is 0.159 e. The molecule has 0 N–H and O–H groups in total. The van der Waals surface area contributed by atoms with E-state index in [2.05, 4.69) is 0 Å². The van der Waals surface area contributed by atoms with Crippen LogP contribution in [0.3, 0.4) is 0 Å². The van der Waals surface area contributed by atoms with Crippen molar-refractivity contribution in [2.24, 2.45) is 0 Å². The summed E-state index contributed by atoms with van der Waals surface area (Å²) in [6.45, 7) is 0.